The summed E-state index contributed by atoms with van der Waals surface area (Å²) in [6.07, 6.45) is 3.50. The first-order valence-electron chi connectivity index (χ1n) is 8.68. The first kappa shape index (κ1) is 21.2. The Morgan fingerprint density at radius 3 is 2.62 bits per heavy atom. The van der Waals surface area contributed by atoms with Gasteiger partial charge in [-0.2, -0.15) is 0 Å². The van der Waals surface area contributed by atoms with E-state index in [-0.39, 0.29) is 30.7 Å². The zero-order valence-corrected chi connectivity index (χ0v) is 17.3. The van der Waals surface area contributed by atoms with E-state index < -0.39 is 0 Å². The minimum absolute atomic E-state index is 0. The second-order valence-electron chi connectivity index (χ2n) is 7.09. The van der Waals surface area contributed by atoms with E-state index in [1.807, 2.05) is 41.5 Å². The molecule has 0 bridgehead atoms. The van der Waals surface area contributed by atoms with Crippen LogP contribution in [-0.2, 0) is 0 Å². The summed E-state index contributed by atoms with van der Waals surface area (Å²) in [5.74, 6) is 0.158. The molecule has 2 fully saturated rings. The van der Waals surface area contributed by atoms with E-state index in [0.717, 1.165) is 60.8 Å². The van der Waals surface area contributed by atoms with Crippen LogP contribution in [-0.4, -0.2) is 42.0 Å². The lowest BCUT2D eigenvalue weighted by Gasteiger charge is -2.39. The van der Waals surface area contributed by atoms with Crippen LogP contribution in [0, 0.1) is 12.3 Å². The minimum atomic E-state index is 0. The maximum absolute atomic E-state index is 12.9. The van der Waals surface area contributed by atoms with Gasteiger partial charge in [-0.25, -0.2) is 4.98 Å². The van der Waals surface area contributed by atoms with Gasteiger partial charge in [-0.15, -0.1) is 36.2 Å². The lowest BCUT2D eigenvalue weighted by Crippen LogP contribution is -2.44. The molecule has 0 unspecified atom stereocenters. The van der Waals surface area contributed by atoms with E-state index in [0.29, 0.717) is 5.41 Å². The first-order chi connectivity index (χ1) is 11.7. The molecule has 0 radical (unpaired) electrons. The quantitative estimate of drug-likeness (QED) is 0.802. The first-order valence-corrected chi connectivity index (χ1v) is 9.56. The normalized spacial score (nSPS) is 18.3. The summed E-state index contributed by atoms with van der Waals surface area (Å²) in [5.41, 5.74) is 3.28. The van der Waals surface area contributed by atoms with Gasteiger partial charge < -0.3 is 10.2 Å². The summed E-state index contributed by atoms with van der Waals surface area (Å²) >= 11 is 1.63. The van der Waals surface area contributed by atoms with Gasteiger partial charge >= 0.3 is 0 Å². The maximum Gasteiger partial charge on any atom is 0.253 e. The number of aromatic nitrogens is 1. The molecule has 2 aliphatic rings. The highest BCUT2D eigenvalue weighted by atomic mass is 35.5. The van der Waals surface area contributed by atoms with Crippen LogP contribution >= 0.6 is 36.2 Å². The predicted molar refractivity (Wildman–Crippen MR) is 112 cm³/mol. The Bertz CT molecular complexity index is 749. The van der Waals surface area contributed by atoms with Gasteiger partial charge in [-0.1, -0.05) is 12.1 Å². The van der Waals surface area contributed by atoms with Crippen LogP contribution in [0.2, 0.25) is 0 Å². The molecule has 142 valence electrons. The van der Waals surface area contributed by atoms with Gasteiger partial charge in [0.2, 0.25) is 0 Å². The van der Waals surface area contributed by atoms with Gasteiger partial charge in [-0.3, -0.25) is 4.79 Å². The summed E-state index contributed by atoms with van der Waals surface area (Å²) in [7, 11) is 0. The van der Waals surface area contributed by atoms with Gasteiger partial charge in [0.05, 0.1) is 0 Å². The number of nitrogens with one attached hydrogen (secondary N) is 1. The van der Waals surface area contributed by atoms with Gasteiger partial charge in [0.25, 0.3) is 5.91 Å². The lowest BCUT2D eigenvalue weighted by atomic mass is 9.78. The van der Waals surface area contributed by atoms with E-state index in [9.17, 15) is 4.79 Å². The highest BCUT2D eigenvalue weighted by Crippen LogP contribution is 2.37. The lowest BCUT2D eigenvalue weighted by molar-refractivity contribution is 0.0608. The van der Waals surface area contributed by atoms with E-state index in [1.165, 1.54) is 6.42 Å². The van der Waals surface area contributed by atoms with Crippen LogP contribution in [0.1, 0.15) is 35.3 Å². The number of amides is 1. The molecule has 1 spiro atoms. The van der Waals surface area contributed by atoms with Crippen molar-refractivity contribution in [2.24, 2.45) is 5.41 Å². The molecule has 2 aromatic rings. The molecule has 7 heteroatoms. The molecule has 1 amide bonds. The fourth-order valence-electron chi connectivity index (χ4n) is 3.86. The number of benzene rings is 1. The number of piperidine rings is 1. The van der Waals surface area contributed by atoms with Crippen molar-refractivity contribution >= 4 is 42.1 Å². The molecule has 0 atom stereocenters. The number of carbonyl (C=O) groups is 1. The summed E-state index contributed by atoms with van der Waals surface area (Å²) in [4.78, 5) is 19.4. The van der Waals surface area contributed by atoms with Gasteiger partial charge in [0.15, 0.2) is 0 Å². The fourth-order valence-corrected chi connectivity index (χ4v) is 4.66. The molecule has 3 heterocycles. The fraction of sp³-hybridized carbons (Fsp3) is 0.474. The average molecular weight is 414 g/mol. The van der Waals surface area contributed by atoms with Crippen molar-refractivity contribution in [2.45, 2.75) is 26.2 Å². The molecule has 4 rings (SSSR count). The molecule has 0 aliphatic carbocycles. The summed E-state index contributed by atoms with van der Waals surface area (Å²) in [6, 6.07) is 7.91. The molecule has 1 N–H and O–H groups in total. The van der Waals surface area contributed by atoms with Crippen molar-refractivity contribution in [1.82, 2.24) is 15.2 Å². The smallest absolute Gasteiger partial charge is 0.253 e. The van der Waals surface area contributed by atoms with Gasteiger partial charge in [0.1, 0.15) is 5.01 Å². The molecule has 1 aromatic carbocycles. The summed E-state index contributed by atoms with van der Waals surface area (Å²) < 4.78 is 0. The van der Waals surface area contributed by atoms with E-state index in [4.69, 9.17) is 0 Å². The molecular formula is C19H25Cl2N3OS. The van der Waals surface area contributed by atoms with Gasteiger partial charge in [-0.05, 0) is 50.3 Å². The Morgan fingerprint density at radius 1 is 1.23 bits per heavy atom. The van der Waals surface area contributed by atoms with Crippen molar-refractivity contribution < 1.29 is 4.79 Å². The second-order valence-corrected chi connectivity index (χ2v) is 7.95. The molecular weight excluding hydrogens is 389 g/mol. The third-order valence-corrected chi connectivity index (χ3v) is 6.43. The van der Waals surface area contributed by atoms with E-state index >= 15 is 0 Å². The van der Waals surface area contributed by atoms with Crippen LogP contribution in [0.4, 0.5) is 0 Å². The number of halogens is 2. The average Bonchev–Trinajstić information content (AvgIpc) is 3.25. The van der Waals surface area contributed by atoms with Crippen LogP contribution < -0.4 is 5.32 Å². The molecule has 2 aliphatic heterocycles. The zero-order valence-electron chi connectivity index (χ0n) is 14.9. The monoisotopic (exact) mass is 413 g/mol. The number of thiazole rings is 1. The van der Waals surface area contributed by atoms with Crippen LogP contribution in [0.5, 0.6) is 0 Å². The highest BCUT2D eigenvalue weighted by molar-refractivity contribution is 7.13. The van der Waals surface area contributed by atoms with Crippen molar-refractivity contribution in [3.8, 4) is 10.6 Å². The molecule has 1 aromatic heterocycles. The Labute approximate surface area is 171 Å². The molecule has 2 saturated heterocycles. The number of aryl methyl sites for hydroxylation is 1. The van der Waals surface area contributed by atoms with Crippen molar-refractivity contribution in [1.29, 1.82) is 0 Å². The number of nitrogens with zero attached hydrogens (tertiary/aromatic N) is 2. The maximum atomic E-state index is 12.9. The predicted octanol–water partition coefficient (Wildman–Crippen LogP) is 4.18. The largest absolute Gasteiger partial charge is 0.339 e. The third kappa shape index (κ3) is 4.22. The van der Waals surface area contributed by atoms with Crippen LogP contribution in [0.3, 0.4) is 0 Å². The number of rotatable bonds is 2. The minimum Gasteiger partial charge on any atom is -0.339 e. The number of hydrogen-bond acceptors (Lipinski definition) is 4. The zero-order chi connectivity index (χ0) is 16.6. The second kappa shape index (κ2) is 8.70. The molecule has 26 heavy (non-hydrogen) atoms. The van der Waals surface area contributed by atoms with E-state index in [1.54, 1.807) is 11.3 Å². The van der Waals surface area contributed by atoms with E-state index in [2.05, 4.69) is 10.3 Å². The molecule has 4 nitrogen and oxygen atoms in total. The summed E-state index contributed by atoms with van der Waals surface area (Å²) in [5, 5.41) is 6.51. The van der Waals surface area contributed by atoms with Crippen molar-refractivity contribution in [3.05, 3.63) is 40.9 Å². The Morgan fingerprint density at radius 2 is 2.00 bits per heavy atom. The number of likely N-dealkylation sites (tertiary alicyclic amines) is 1. The highest BCUT2D eigenvalue weighted by Gasteiger charge is 2.38. The number of hydrogen-bond donors (Lipinski definition) is 1. The topological polar surface area (TPSA) is 45.2 Å². The Kier molecular flexibility index (Phi) is 7.08. The van der Waals surface area contributed by atoms with Crippen molar-refractivity contribution in [2.75, 3.05) is 26.2 Å². The van der Waals surface area contributed by atoms with Crippen molar-refractivity contribution in [3.63, 3.8) is 0 Å². The SMILES string of the molecule is Cc1csc(-c2cccc(C(=O)N3CCC4(CCNC4)CC3)c2)n1.Cl.Cl. The van der Waals surface area contributed by atoms with Crippen LogP contribution in [0.25, 0.3) is 10.6 Å². The third-order valence-electron chi connectivity index (χ3n) is 5.42. The Hall–Kier alpha value is -1.14. The number of carbonyl (C=O) groups excluding carboxylic acids is 1. The van der Waals surface area contributed by atoms with Crippen LogP contribution in [0.15, 0.2) is 29.6 Å². The molecule has 0 saturated carbocycles. The van der Waals surface area contributed by atoms with Gasteiger partial charge in [0, 0.05) is 41.8 Å². The summed E-state index contributed by atoms with van der Waals surface area (Å²) in [6.45, 7) is 6.00. The standard InChI is InChI=1S/C19H23N3OS.2ClH/c1-14-12-24-17(21-14)15-3-2-4-16(11-15)18(23)22-9-6-19(7-10-22)5-8-20-13-19;;/h2-4,11-12,20H,5-10,13H2,1H3;2*1H. The Balaban J connectivity index is 0.00000121.